The van der Waals surface area contributed by atoms with Gasteiger partial charge in [-0.1, -0.05) is 0 Å². The van der Waals surface area contributed by atoms with E-state index in [9.17, 15) is 14.4 Å². The molecular formula is C10H17N3O4. The van der Waals surface area contributed by atoms with Crippen LogP contribution in [0.15, 0.2) is 0 Å². The van der Waals surface area contributed by atoms with Crippen LogP contribution in [0, 0.1) is 0 Å². The first-order chi connectivity index (χ1) is 8.00. The number of carbonyl (C=O) groups is 3. The van der Waals surface area contributed by atoms with Crippen LogP contribution in [0.4, 0.5) is 4.79 Å². The first-order valence-electron chi connectivity index (χ1n) is 5.55. The quantitative estimate of drug-likeness (QED) is 0.613. The van der Waals surface area contributed by atoms with E-state index in [-0.39, 0.29) is 12.5 Å². The molecule has 0 spiro atoms. The van der Waals surface area contributed by atoms with Gasteiger partial charge in [0.15, 0.2) is 0 Å². The van der Waals surface area contributed by atoms with E-state index >= 15 is 0 Å². The van der Waals surface area contributed by atoms with Gasteiger partial charge in [-0.25, -0.2) is 4.79 Å². The van der Waals surface area contributed by atoms with Gasteiger partial charge in [-0.15, -0.1) is 0 Å². The first kappa shape index (κ1) is 13.3. The Bertz CT molecular complexity index is 313. The van der Waals surface area contributed by atoms with Crippen LogP contribution in [-0.4, -0.2) is 53.6 Å². The van der Waals surface area contributed by atoms with E-state index in [2.05, 4.69) is 10.6 Å². The molecule has 17 heavy (non-hydrogen) atoms. The largest absolute Gasteiger partial charge is 0.480 e. The van der Waals surface area contributed by atoms with Crippen molar-refractivity contribution in [3.63, 3.8) is 0 Å². The molecule has 1 aliphatic rings. The van der Waals surface area contributed by atoms with Gasteiger partial charge >= 0.3 is 12.0 Å². The highest BCUT2D eigenvalue weighted by Gasteiger charge is 2.19. The van der Waals surface area contributed by atoms with Crippen molar-refractivity contribution in [2.75, 3.05) is 19.6 Å². The third-order valence-corrected chi connectivity index (χ3v) is 2.58. The van der Waals surface area contributed by atoms with E-state index in [1.807, 2.05) is 0 Å². The fourth-order valence-corrected chi connectivity index (χ4v) is 1.54. The first-order valence-corrected chi connectivity index (χ1v) is 5.55. The Kier molecular flexibility index (Phi) is 4.74. The van der Waals surface area contributed by atoms with Gasteiger partial charge in [0.05, 0.1) is 6.54 Å². The molecule has 7 nitrogen and oxygen atoms in total. The third kappa shape index (κ3) is 4.29. The standard InChI is InChI=1S/C10H17N3O4/c1-7(9(15)16)12-10(17)11-6-8(14)13-4-2-3-5-13/h7H,2-6H2,1H3,(H,15,16)(H2,11,12,17)/t7-/m1/s1. The molecule has 1 fully saturated rings. The minimum Gasteiger partial charge on any atom is -0.480 e. The van der Waals surface area contributed by atoms with Crippen LogP contribution < -0.4 is 10.6 Å². The lowest BCUT2D eigenvalue weighted by atomic mass is 10.3. The number of amides is 3. The van der Waals surface area contributed by atoms with E-state index in [1.165, 1.54) is 6.92 Å². The highest BCUT2D eigenvalue weighted by Crippen LogP contribution is 2.06. The Balaban J connectivity index is 2.23. The number of likely N-dealkylation sites (tertiary alicyclic amines) is 1. The van der Waals surface area contributed by atoms with Crippen molar-refractivity contribution in [3.8, 4) is 0 Å². The Morgan fingerprint density at radius 2 is 1.88 bits per heavy atom. The van der Waals surface area contributed by atoms with E-state index in [0.29, 0.717) is 0 Å². The summed E-state index contributed by atoms with van der Waals surface area (Å²) in [5.41, 5.74) is 0. The molecule has 0 aromatic carbocycles. The number of urea groups is 1. The Morgan fingerprint density at radius 3 is 2.41 bits per heavy atom. The Labute approximate surface area is 99.2 Å². The van der Waals surface area contributed by atoms with Gasteiger partial charge in [0.25, 0.3) is 0 Å². The summed E-state index contributed by atoms with van der Waals surface area (Å²) < 4.78 is 0. The van der Waals surface area contributed by atoms with Crippen molar-refractivity contribution in [2.24, 2.45) is 0 Å². The number of carboxylic acid groups (broad SMARTS) is 1. The molecule has 1 atom stereocenters. The predicted molar refractivity (Wildman–Crippen MR) is 59.4 cm³/mol. The minimum atomic E-state index is -1.12. The fraction of sp³-hybridized carbons (Fsp3) is 0.700. The molecule has 96 valence electrons. The van der Waals surface area contributed by atoms with E-state index in [0.717, 1.165) is 25.9 Å². The summed E-state index contributed by atoms with van der Waals surface area (Å²) in [6, 6.07) is -1.62. The number of nitrogens with one attached hydrogen (secondary N) is 2. The molecule has 3 amide bonds. The average molecular weight is 243 g/mol. The van der Waals surface area contributed by atoms with Gasteiger partial charge < -0.3 is 20.6 Å². The molecule has 0 aliphatic carbocycles. The van der Waals surface area contributed by atoms with Crippen LogP contribution in [0.5, 0.6) is 0 Å². The number of nitrogens with zero attached hydrogens (tertiary/aromatic N) is 1. The number of carbonyl (C=O) groups excluding carboxylic acids is 2. The van der Waals surface area contributed by atoms with Crippen LogP contribution in [0.3, 0.4) is 0 Å². The summed E-state index contributed by atoms with van der Waals surface area (Å²) in [4.78, 5) is 34.9. The SMILES string of the molecule is C[C@@H](NC(=O)NCC(=O)N1CCCC1)C(=O)O. The molecular weight excluding hydrogens is 226 g/mol. The van der Waals surface area contributed by atoms with Crippen LogP contribution in [-0.2, 0) is 9.59 Å². The third-order valence-electron chi connectivity index (χ3n) is 2.58. The lowest BCUT2D eigenvalue weighted by Gasteiger charge is -2.16. The summed E-state index contributed by atoms with van der Waals surface area (Å²) in [6.45, 7) is 2.71. The topological polar surface area (TPSA) is 98.7 Å². The average Bonchev–Trinajstić information content (AvgIpc) is 2.79. The molecule has 0 radical (unpaired) electrons. The highest BCUT2D eigenvalue weighted by atomic mass is 16.4. The summed E-state index contributed by atoms with van der Waals surface area (Å²) in [6.07, 6.45) is 1.99. The van der Waals surface area contributed by atoms with Crippen molar-refractivity contribution >= 4 is 17.9 Å². The van der Waals surface area contributed by atoms with E-state index < -0.39 is 18.0 Å². The zero-order valence-corrected chi connectivity index (χ0v) is 9.73. The monoisotopic (exact) mass is 243 g/mol. The summed E-state index contributed by atoms with van der Waals surface area (Å²) in [7, 11) is 0. The lowest BCUT2D eigenvalue weighted by Crippen LogP contribution is -2.47. The number of hydrogen-bond acceptors (Lipinski definition) is 3. The summed E-state index contributed by atoms with van der Waals surface area (Å²) in [5, 5.41) is 13.1. The predicted octanol–water partition coefficient (Wildman–Crippen LogP) is -0.619. The number of hydrogen-bond donors (Lipinski definition) is 3. The molecule has 1 heterocycles. The number of carboxylic acids is 1. The summed E-state index contributed by atoms with van der Waals surface area (Å²) >= 11 is 0. The number of aliphatic carboxylic acids is 1. The molecule has 0 saturated carbocycles. The van der Waals surface area contributed by atoms with E-state index in [1.54, 1.807) is 4.90 Å². The van der Waals surface area contributed by atoms with Crippen LogP contribution >= 0.6 is 0 Å². The lowest BCUT2D eigenvalue weighted by molar-refractivity contribution is -0.138. The van der Waals surface area contributed by atoms with Crippen LogP contribution in [0.2, 0.25) is 0 Å². The molecule has 1 saturated heterocycles. The summed E-state index contributed by atoms with van der Waals surface area (Å²) in [5.74, 6) is -1.26. The van der Waals surface area contributed by atoms with Crippen molar-refractivity contribution in [1.29, 1.82) is 0 Å². The molecule has 3 N–H and O–H groups in total. The maximum absolute atomic E-state index is 11.5. The molecule has 7 heteroatoms. The van der Waals surface area contributed by atoms with Crippen LogP contribution in [0.1, 0.15) is 19.8 Å². The second kappa shape index (κ2) is 6.07. The molecule has 0 unspecified atom stereocenters. The molecule has 1 rings (SSSR count). The highest BCUT2D eigenvalue weighted by molar-refractivity contribution is 5.86. The van der Waals surface area contributed by atoms with Crippen LogP contribution in [0.25, 0.3) is 0 Å². The maximum atomic E-state index is 11.5. The zero-order valence-electron chi connectivity index (χ0n) is 9.73. The maximum Gasteiger partial charge on any atom is 0.325 e. The van der Waals surface area contributed by atoms with Gasteiger partial charge in [0.1, 0.15) is 6.04 Å². The smallest absolute Gasteiger partial charge is 0.325 e. The molecule has 0 aromatic heterocycles. The molecule has 0 bridgehead atoms. The molecule has 1 aliphatic heterocycles. The van der Waals surface area contributed by atoms with Crippen molar-refractivity contribution in [1.82, 2.24) is 15.5 Å². The normalized spacial score (nSPS) is 16.4. The number of rotatable bonds is 4. The van der Waals surface area contributed by atoms with Crippen molar-refractivity contribution in [3.05, 3.63) is 0 Å². The second-order valence-corrected chi connectivity index (χ2v) is 3.97. The zero-order chi connectivity index (χ0) is 12.8. The van der Waals surface area contributed by atoms with Gasteiger partial charge in [0.2, 0.25) is 5.91 Å². The fourth-order valence-electron chi connectivity index (χ4n) is 1.54. The van der Waals surface area contributed by atoms with Gasteiger partial charge in [0, 0.05) is 13.1 Å². The Morgan fingerprint density at radius 1 is 1.29 bits per heavy atom. The second-order valence-electron chi connectivity index (χ2n) is 3.97. The van der Waals surface area contributed by atoms with Gasteiger partial charge in [-0.05, 0) is 19.8 Å². The van der Waals surface area contributed by atoms with Crippen molar-refractivity contribution < 1.29 is 19.5 Å². The Hall–Kier alpha value is -1.79. The minimum absolute atomic E-state index is 0.0990. The van der Waals surface area contributed by atoms with Crippen molar-refractivity contribution in [2.45, 2.75) is 25.8 Å². The van der Waals surface area contributed by atoms with E-state index in [4.69, 9.17) is 5.11 Å². The molecule has 0 aromatic rings. The van der Waals surface area contributed by atoms with Gasteiger partial charge in [-0.3, -0.25) is 9.59 Å². The van der Waals surface area contributed by atoms with Gasteiger partial charge in [-0.2, -0.15) is 0 Å².